The molecule has 1 heterocycles. The molecule has 1 aromatic carbocycles. The largest absolute Gasteiger partial charge is 0.461 e. The van der Waals surface area contributed by atoms with E-state index in [0.29, 0.717) is 85.8 Å². The van der Waals surface area contributed by atoms with Gasteiger partial charge >= 0.3 is 5.97 Å². The summed E-state index contributed by atoms with van der Waals surface area (Å²) in [5.74, 6) is -0.281. The Labute approximate surface area is 216 Å². The van der Waals surface area contributed by atoms with E-state index in [-0.39, 0.29) is 24.6 Å². The molecule has 0 fully saturated rings. The first-order chi connectivity index (χ1) is 17.8. The van der Waals surface area contributed by atoms with E-state index in [9.17, 15) is 9.59 Å². The highest BCUT2D eigenvalue weighted by atomic mass is 32.1. The van der Waals surface area contributed by atoms with Crippen LogP contribution in [0.4, 0.5) is 0 Å². The zero-order valence-corrected chi connectivity index (χ0v) is 21.5. The number of carbonyl (C=O) groups is 1. The summed E-state index contributed by atoms with van der Waals surface area (Å²) in [7, 11) is 0. The topological polar surface area (TPSA) is 104 Å². The predicted molar refractivity (Wildman–Crippen MR) is 134 cm³/mol. The van der Waals surface area contributed by atoms with Gasteiger partial charge in [-0.2, -0.15) is 0 Å². The van der Waals surface area contributed by atoms with Crippen LogP contribution in [0.15, 0.2) is 46.6 Å². The van der Waals surface area contributed by atoms with Gasteiger partial charge in [-0.3, -0.25) is 13.5 Å². The third kappa shape index (κ3) is 15.8. The number of benzene rings is 1. The van der Waals surface area contributed by atoms with Crippen LogP contribution < -0.4 is 5.56 Å². The smallest absolute Gasteiger partial charge is 0.308 e. The molecule has 0 aliphatic rings. The summed E-state index contributed by atoms with van der Waals surface area (Å²) in [6.45, 7) is 6.33. The second-order valence-corrected chi connectivity index (χ2v) is 8.34. The summed E-state index contributed by atoms with van der Waals surface area (Å²) in [5.41, 5.74) is 0.966. The Bertz CT molecular complexity index is 843. The molecule has 0 saturated carbocycles. The minimum absolute atomic E-state index is 0.00529. The van der Waals surface area contributed by atoms with Crippen molar-refractivity contribution < 1.29 is 38.0 Å². The van der Waals surface area contributed by atoms with Crippen molar-refractivity contribution in [1.29, 1.82) is 0 Å². The Morgan fingerprint density at radius 2 is 1.17 bits per heavy atom. The maximum absolute atomic E-state index is 11.7. The molecule has 0 atom stereocenters. The number of hydrogen-bond donors (Lipinski definition) is 0. The van der Waals surface area contributed by atoms with E-state index in [1.165, 1.54) is 11.5 Å². The van der Waals surface area contributed by atoms with E-state index >= 15 is 0 Å². The monoisotopic (exact) mass is 527 g/mol. The zero-order valence-electron chi connectivity index (χ0n) is 20.7. The summed E-state index contributed by atoms with van der Waals surface area (Å²) in [6, 6.07) is 11.1. The van der Waals surface area contributed by atoms with Gasteiger partial charge in [-0.1, -0.05) is 41.9 Å². The third-order valence-electron chi connectivity index (χ3n) is 4.64. The van der Waals surface area contributed by atoms with Crippen LogP contribution in [0.25, 0.3) is 0 Å². The standard InChI is InChI=1S/C25H37NO9S/c27-24-7-21-36-26(24)8-10-30-12-14-32-16-18-34-20-19-33-17-15-31-13-11-29-9-6-25(28)35-22-23-4-2-1-3-5-23/h1-5,7,21H,6,8-20,22H2. The van der Waals surface area contributed by atoms with E-state index in [2.05, 4.69) is 0 Å². The van der Waals surface area contributed by atoms with Crippen molar-refractivity contribution >= 4 is 17.5 Å². The number of carbonyl (C=O) groups excluding carboxylic acids is 1. The number of nitrogens with zero attached hydrogens (tertiary/aromatic N) is 1. The molecule has 0 saturated heterocycles. The lowest BCUT2D eigenvalue weighted by Crippen LogP contribution is -2.17. The van der Waals surface area contributed by atoms with Crippen LogP contribution in [0.1, 0.15) is 12.0 Å². The normalized spacial score (nSPS) is 11.1. The minimum Gasteiger partial charge on any atom is -0.461 e. The summed E-state index contributed by atoms with van der Waals surface area (Å²) >= 11 is 1.38. The average molecular weight is 528 g/mol. The number of rotatable bonds is 23. The first kappa shape index (κ1) is 30.1. The highest BCUT2D eigenvalue weighted by Crippen LogP contribution is 2.01. The zero-order chi connectivity index (χ0) is 25.5. The molecule has 0 N–H and O–H groups in total. The average Bonchev–Trinajstić information content (AvgIpc) is 3.31. The molecule has 0 aliphatic heterocycles. The van der Waals surface area contributed by atoms with E-state index in [4.69, 9.17) is 33.2 Å². The third-order valence-corrected chi connectivity index (χ3v) is 5.51. The lowest BCUT2D eigenvalue weighted by molar-refractivity contribution is -0.146. The molecule has 1 aromatic heterocycles. The Hall–Kier alpha value is -2.12. The van der Waals surface area contributed by atoms with Crippen LogP contribution in [-0.4, -0.2) is 89.2 Å². The summed E-state index contributed by atoms with van der Waals surface area (Å²) in [5, 5.41) is 1.76. The fraction of sp³-hybridized carbons (Fsp3) is 0.600. The number of aromatic nitrogens is 1. The lowest BCUT2D eigenvalue weighted by Gasteiger charge is -2.08. The maximum atomic E-state index is 11.7. The molecule has 0 unspecified atom stereocenters. The van der Waals surface area contributed by atoms with Crippen molar-refractivity contribution in [2.45, 2.75) is 19.6 Å². The van der Waals surface area contributed by atoms with Crippen molar-refractivity contribution in [1.82, 2.24) is 3.96 Å². The predicted octanol–water partition coefficient (Wildman–Crippen LogP) is 2.14. The molecule has 2 rings (SSSR count). The van der Waals surface area contributed by atoms with Crippen molar-refractivity contribution in [2.24, 2.45) is 0 Å². The molecular weight excluding hydrogens is 490 g/mol. The highest BCUT2D eigenvalue weighted by molar-refractivity contribution is 7.04. The number of esters is 1. The number of ether oxygens (including phenoxy) is 7. The Balaban J connectivity index is 1.22. The first-order valence-electron chi connectivity index (χ1n) is 12.1. The van der Waals surface area contributed by atoms with Gasteiger partial charge in [0.15, 0.2) is 0 Å². The van der Waals surface area contributed by atoms with Crippen molar-refractivity contribution in [3.63, 3.8) is 0 Å². The van der Waals surface area contributed by atoms with Crippen molar-refractivity contribution in [3.8, 4) is 0 Å². The number of hydrogen-bond acceptors (Lipinski definition) is 10. The summed E-state index contributed by atoms with van der Waals surface area (Å²) in [6.07, 6.45) is 0.216. The SMILES string of the molecule is O=C(CCOCCOCCOCCOCCOCCOCCn1sccc1=O)OCc1ccccc1. The molecule has 2 aromatic rings. The van der Waals surface area contributed by atoms with Crippen molar-refractivity contribution in [2.75, 3.05) is 79.3 Å². The Kier molecular flexibility index (Phi) is 17.6. The minimum atomic E-state index is -0.281. The van der Waals surface area contributed by atoms with Gasteiger partial charge in [0, 0.05) is 11.4 Å². The van der Waals surface area contributed by atoms with Crippen molar-refractivity contribution in [3.05, 3.63) is 57.7 Å². The molecule has 36 heavy (non-hydrogen) atoms. The van der Waals surface area contributed by atoms with Crippen LogP contribution in [0, 0.1) is 0 Å². The van der Waals surface area contributed by atoms with Crippen LogP contribution in [0.2, 0.25) is 0 Å². The molecule has 0 bridgehead atoms. The van der Waals surface area contributed by atoms with Crippen LogP contribution in [0.5, 0.6) is 0 Å². The molecular formula is C25H37NO9S. The van der Waals surface area contributed by atoms with Gasteiger partial charge in [0.1, 0.15) is 6.61 Å². The molecule has 0 aliphatic carbocycles. The van der Waals surface area contributed by atoms with Crippen LogP contribution in [-0.2, 0) is 51.1 Å². The van der Waals surface area contributed by atoms with E-state index < -0.39 is 0 Å². The summed E-state index contributed by atoms with van der Waals surface area (Å²) < 4.78 is 39.3. The second-order valence-electron chi connectivity index (χ2n) is 7.42. The van der Waals surface area contributed by atoms with Gasteiger partial charge in [-0.15, -0.1) is 0 Å². The molecule has 0 radical (unpaired) electrons. The second kappa shape index (κ2) is 21.0. The molecule has 0 spiro atoms. The van der Waals surface area contributed by atoms with E-state index in [1.807, 2.05) is 30.3 Å². The van der Waals surface area contributed by atoms with Gasteiger partial charge < -0.3 is 33.2 Å². The molecule has 10 nitrogen and oxygen atoms in total. The van der Waals surface area contributed by atoms with Gasteiger partial charge in [-0.25, -0.2) is 0 Å². The molecule has 11 heteroatoms. The Morgan fingerprint density at radius 3 is 1.67 bits per heavy atom. The maximum Gasteiger partial charge on any atom is 0.308 e. The fourth-order valence-electron chi connectivity index (χ4n) is 2.77. The molecule has 0 amide bonds. The van der Waals surface area contributed by atoms with Gasteiger partial charge in [-0.05, 0) is 5.56 Å². The van der Waals surface area contributed by atoms with Gasteiger partial charge in [0.25, 0.3) is 5.56 Å². The van der Waals surface area contributed by atoms with E-state index in [1.54, 1.807) is 15.4 Å². The first-order valence-corrected chi connectivity index (χ1v) is 12.9. The van der Waals surface area contributed by atoms with Crippen LogP contribution >= 0.6 is 11.5 Å². The highest BCUT2D eigenvalue weighted by Gasteiger charge is 2.03. The van der Waals surface area contributed by atoms with Gasteiger partial charge in [0.2, 0.25) is 0 Å². The Morgan fingerprint density at radius 1 is 0.667 bits per heavy atom. The van der Waals surface area contributed by atoms with Crippen LogP contribution in [0.3, 0.4) is 0 Å². The van der Waals surface area contributed by atoms with Gasteiger partial charge in [0.05, 0.1) is 92.2 Å². The van der Waals surface area contributed by atoms with E-state index in [0.717, 1.165) is 5.56 Å². The quantitative estimate of drug-likeness (QED) is 0.159. The summed E-state index contributed by atoms with van der Waals surface area (Å²) in [4.78, 5) is 23.0. The molecule has 202 valence electrons. The lowest BCUT2D eigenvalue weighted by atomic mass is 10.2. The fourth-order valence-corrected chi connectivity index (χ4v) is 3.44.